The van der Waals surface area contributed by atoms with Gasteiger partial charge in [-0.25, -0.2) is 10.3 Å². The molecule has 2 aliphatic rings. The van der Waals surface area contributed by atoms with Gasteiger partial charge in [-0.05, 0) is 29.8 Å². The van der Waals surface area contributed by atoms with Crippen LogP contribution in [0.1, 0.15) is 5.56 Å². The van der Waals surface area contributed by atoms with E-state index in [4.69, 9.17) is 19.4 Å². The molecule has 0 aromatic heterocycles. The van der Waals surface area contributed by atoms with E-state index in [2.05, 4.69) is 10.0 Å². The number of morpholine rings is 1. The number of hydrogen-bond acceptors (Lipinski definition) is 8. The first-order valence-electron chi connectivity index (χ1n) is 8.62. The molecule has 2 saturated heterocycles. The van der Waals surface area contributed by atoms with Crippen molar-refractivity contribution in [2.75, 3.05) is 46.0 Å². The van der Waals surface area contributed by atoms with Gasteiger partial charge < -0.3 is 14.2 Å². The average Bonchev–Trinajstić information content (AvgIpc) is 3.05. The molecule has 27 heavy (non-hydrogen) atoms. The monoisotopic (exact) mass is 378 g/mol. The van der Waals surface area contributed by atoms with Crippen LogP contribution in [0.25, 0.3) is 0 Å². The normalized spacial score (nSPS) is 20.7. The van der Waals surface area contributed by atoms with Gasteiger partial charge >= 0.3 is 6.09 Å². The number of benzene rings is 1. The standard InChI is InChI=1S/C17H22N4O6/c22-16(19-24)12-26-14-3-1-13(2-4-14)9-18-21-11-15(27-17(21)23)10-20-5-7-25-8-6-20/h1-4,9,15,24H,5-8,10-12H2,(H,19,22)/b18-9+. The highest BCUT2D eigenvalue weighted by Gasteiger charge is 2.32. The molecule has 146 valence electrons. The van der Waals surface area contributed by atoms with E-state index in [1.54, 1.807) is 30.5 Å². The van der Waals surface area contributed by atoms with E-state index < -0.39 is 12.0 Å². The second-order valence-corrected chi connectivity index (χ2v) is 6.14. The molecule has 0 bridgehead atoms. The topological polar surface area (TPSA) is 113 Å². The largest absolute Gasteiger partial charge is 0.484 e. The van der Waals surface area contributed by atoms with Crippen molar-refractivity contribution in [3.05, 3.63) is 29.8 Å². The molecule has 0 radical (unpaired) electrons. The molecular weight excluding hydrogens is 356 g/mol. The molecule has 1 aromatic rings. The maximum atomic E-state index is 11.9. The lowest BCUT2D eigenvalue weighted by Crippen LogP contribution is -2.41. The fourth-order valence-electron chi connectivity index (χ4n) is 2.74. The van der Waals surface area contributed by atoms with E-state index in [-0.39, 0.29) is 12.7 Å². The highest BCUT2D eigenvalue weighted by molar-refractivity contribution is 5.81. The molecule has 0 aliphatic carbocycles. The van der Waals surface area contributed by atoms with Crippen molar-refractivity contribution in [3.63, 3.8) is 0 Å². The minimum Gasteiger partial charge on any atom is -0.484 e. The van der Waals surface area contributed by atoms with Crippen LogP contribution in [0, 0.1) is 0 Å². The summed E-state index contributed by atoms with van der Waals surface area (Å²) in [6.07, 6.45) is 0.892. The molecule has 2 amide bonds. The van der Waals surface area contributed by atoms with Gasteiger partial charge in [-0.3, -0.25) is 14.9 Å². The van der Waals surface area contributed by atoms with E-state index in [0.717, 1.165) is 18.7 Å². The number of cyclic esters (lactones) is 1. The lowest BCUT2D eigenvalue weighted by atomic mass is 10.2. The molecule has 2 fully saturated rings. The van der Waals surface area contributed by atoms with Gasteiger partial charge in [-0.1, -0.05) is 0 Å². The number of amides is 2. The number of hydrogen-bond donors (Lipinski definition) is 2. The Bertz CT molecular complexity index is 675. The fraction of sp³-hybridized carbons (Fsp3) is 0.471. The summed E-state index contributed by atoms with van der Waals surface area (Å²) in [7, 11) is 0. The van der Waals surface area contributed by atoms with Crippen molar-refractivity contribution in [3.8, 4) is 5.75 Å². The number of rotatable bonds is 7. The third-order valence-corrected chi connectivity index (χ3v) is 4.14. The Morgan fingerprint density at radius 3 is 2.78 bits per heavy atom. The second-order valence-electron chi connectivity index (χ2n) is 6.14. The molecular formula is C17H22N4O6. The van der Waals surface area contributed by atoms with Crippen LogP contribution in [-0.2, 0) is 14.3 Å². The van der Waals surface area contributed by atoms with Gasteiger partial charge in [0, 0.05) is 19.6 Å². The van der Waals surface area contributed by atoms with Crippen molar-refractivity contribution in [2.24, 2.45) is 5.10 Å². The Morgan fingerprint density at radius 1 is 1.33 bits per heavy atom. The summed E-state index contributed by atoms with van der Waals surface area (Å²) in [6.45, 7) is 3.88. The van der Waals surface area contributed by atoms with Crippen molar-refractivity contribution >= 4 is 18.2 Å². The Hall–Kier alpha value is -2.69. The number of hydroxylamine groups is 1. The highest BCUT2D eigenvalue weighted by atomic mass is 16.6. The first-order chi connectivity index (χ1) is 13.1. The minimum absolute atomic E-state index is 0.207. The number of nitrogens with zero attached hydrogens (tertiary/aromatic N) is 3. The fourth-order valence-corrected chi connectivity index (χ4v) is 2.74. The van der Waals surface area contributed by atoms with Crippen LogP contribution in [-0.4, -0.2) is 85.4 Å². The SMILES string of the molecule is O=C(COc1ccc(/C=N/N2CC(CN3CCOCC3)OC2=O)cc1)NO. The van der Waals surface area contributed by atoms with E-state index in [1.165, 1.54) is 10.5 Å². The number of ether oxygens (including phenoxy) is 3. The summed E-state index contributed by atoms with van der Waals surface area (Å²) in [5.74, 6) is -0.165. The van der Waals surface area contributed by atoms with E-state index >= 15 is 0 Å². The van der Waals surface area contributed by atoms with Crippen molar-refractivity contribution in [2.45, 2.75) is 6.10 Å². The van der Waals surface area contributed by atoms with Crippen LogP contribution in [0.4, 0.5) is 4.79 Å². The quantitative estimate of drug-likeness (QED) is 0.392. The summed E-state index contributed by atoms with van der Waals surface area (Å²) >= 11 is 0. The van der Waals surface area contributed by atoms with Crippen molar-refractivity contribution in [1.82, 2.24) is 15.4 Å². The predicted octanol–water partition coefficient (Wildman–Crippen LogP) is 0.0577. The molecule has 2 N–H and O–H groups in total. The minimum atomic E-state index is -0.639. The van der Waals surface area contributed by atoms with E-state index in [0.29, 0.717) is 32.1 Å². The third kappa shape index (κ3) is 5.64. The second kappa shape index (κ2) is 9.31. The molecule has 3 rings (SSSR count). The Kier molecular flexibility index (Phi) is 6.58. The summed E-state index contributed by atoms with van der Waals surface area (Å²) < 4.78 is 15.9. The Labute approximate surface area is 156 Å². The van der Waals surface area contributed by atoms with Crippen LogP contribution in [0.15, 0.2) is 29.4 Å². The maximum Gasteiger partial charge on any atom is 0.430 e. The molecule has 1 aromatic carbocycles. The highest BCUT2D eigenvalue weighted by Crippen LogP contribution is 2.15. The smallest absolute Gasteiger partial charge is 0.430 e. The lowest BCUT2D eigenvalue weighted by molar-refractivity contribution is -0.131. The number of carbonyl (C=O) groups excluding carboxylic acids is 2. The molecule has 1 unspecified atom stereocenters. The predicted molar refractivity (Wildman–Crippen MR) is 93.7 cm³/mol. The first kappa shape index (κ1) is 19.1. The first-order valence-corrected chi connectivity index (χ1v) is 8.62. The summed E-state index contributed by atoms with van der Waals surface area (Å²) in [5, 5.41) is 13.9. The number of nitrogens with one attached hydrogen (secondary N) is 1. The molecule has 2 aliphatic heterocycles. The summed E-state index contributed by atoms with van der Waals surface area (Å²) in [6, 6.07) is 6.80. The van der Waals surface area contributed by atoms with Gasteiger partial charge in [0.05, 0.1) is 26.0 Å². The zero-order chi connectivity index (χ0) is 19.1. The number of hydrazone groups is 1. The average molecular weight is 378 g/mol. The van der Waals surface area contributed by atoms with Crippen molar-refractivity contribution < 1.29 is 29.0 Å². The van der Waals surface area contributed by atoms with Crippen LogP contribution in [0.2, 0.25) is 0 Å². The van der Waals surface area contributed by atoms with Crippen LogP contribution in [0.3, 0.4) is 0 Å². The van der Waals surface area contributed by atoms with Crippen LogP contribution in [0.5, 0.6) is 5.75 Å². The summed E-state index contributed by atoms with van der Waals surface area (Å²) in [4.78, 5) is 25.1. The van der Waals surface area contributed by atoms with Gasteiger partial charge in [0.1, 0.15) is 11.9 Å². The molecule has 0 spiro atoms. The molecule has 1 atom stereocenters. The lowest BCUT2D eigenvalue weighted by Gasteiger charge is -2.27. The van der Waals surface area contributed by atoms with Gasteiger partial charge in [0.2, 0.25) is 0 Å². The molecule has 10 nitrogen and oxygen atoms in total. The zero-order valence-electron chi connectivity index (χ0n) is 14.7. The molecule has 0 saturated carbocycles. The van der Waals surface area contributed by atoms with E-state index in [1.807, 2.05) is 0 Å². The summed E-state index contributed by atoms with van der Waals surface area (Å²) in [5.41, 5.74) is 2.25. The Morgan fingerprint density at radius 2 is 2.07 bits per heavy atom. The van der Waals surface area contributed by atoms with Gasteiger partial charge in [0.15, 0.2) is 6.61 Å². The van der Waals surface area contributed by atoms with Crippen molar-refractivity contribution in [1.29, 1.82) is 0 Å². The van der Waals surface area contributed by atoms with Gasteiger partial charge in [-0.2, -0.15) is 10.1 Å². The number of carbonyl (C=O) groups is 2. The van der Waals surface area contributed by atoms with Crippen LogP contribution >= 0.6 is 0 Å². The molecule has 2 heterocycles. The molecule has 10 heteroatoms. The van der Waals surface area contributed by atoms with Gasteiger partial charge in [-0.15, -0.1) is 0 Å². The zero-order valence-corrected chi connectivity index (χ0v) is 14.7. The van der Waals surface area contributed by atoms with E-state index in [9.17, 15) is 9.59 Å². The maximum absolute atomic E-state index is 11.9. The Balaban J connectivity index is 1.48. The van der Waals surface area contributed by atoms with Crippen LogP contribution < -0.4 is 10.2 Å². The van der Waals surface area contributed by atoms with Gasteiger partial charge in [0.25, 0.3) is 5.91 Å². The third-order valence-electron chi connectivity index (χ3n) is 4.14.